The van der Waals surface area contributed by atoms with Crippen molar-refractivity contribution >= 4 is 33.5 Å². The second-order valence-corrected chi connectivity index (χ2v) is 16.1. The van der Waals surface area contributed by atoms with Gasteiger partial charge in [0.25, 0.3) is 5.92 Å². The second-order valence-electron chi connectivity index (χ2n) is 16.1. The van der Waals surface area contributed by atoms with E-state index in [0.717, 1.165) is 19.3 Å². The van der Waals surface area contributed by atoms with Gasteiger partial charge < -0.3 is 19.5 Å². The molecule has 0 radical (unpaired) electrons. The molecule has 1 saturated carbocycles. The zero-order valence-corrected chi connectivity index (χ0v) is 30.0. The lowest BCUT2D eigenvalue weighted by Crippen LogP contribution is -2.54. The average Bonchev–Trinajstić information content (AvgIpc) is 3.38. The fraction of sp³-hybridized carbons (Fsp3) is 0.500. The van der Waals surface area contributed by atoms with E-state index < -0.39 is 28.5 Å². The lowest BCUT2D eigenvalue weighted by Gasteiger charge is -2.41. The van der Waals surface area contributed by atoms with E-state index >= 15 is 4.39 Å². The van der Waals surface area contributed by atoms with Crippen molar-refractivity contribution in [2.24, 2.45) is 11.3 Å². The fourth-order valence-electron chi connectivity index (χ4n) is 9.60. The predicted octanol–water partition coefficient (Wildman–Crippen LogP) is 6.26. The van der Waals surface area contributed by atoms with Crippen molar-refractivity contribution < 1.29 is 36.9 Å². The molecule has 1 N–H and O–H groups in total. The maximum absolute atomic E-state index is 17.1. The molecule has 4 atom stereocenters. The third-order valence-electron chi connectivity index (χ3n) is 12.4. The van der Waals surface area contributed by atoms with Crippen LogP contribution >= 0.6 is 0 Å². The number of carbonyl (C=O) groups excluding carboxylic acids is 1. The van der Waals surface area contributed by atoms with E-state index in [0.29, 0.717) is 55.6 Å². The molecule has 9 rings (SSSR count). The number of halogens is 4. The Morgan fingerprint density at radius 2 is 1.89 bits per heavy atom. The number of phenols is 1. The Hall–Kier alpha value is -4.74. The van der Waals surface area contributed by atoms with Gasteiger partial charge in [-0.25, -0.2) is 17.6 Å². The van der Waals surface area contributed by atoms with Gasteiger partial charge in [0.15, 0.2) is 5.82 Å². The van der Waals surface area contributed by atoms with Crippen molar-refractivity contribution in [1.82, 2.24) is 24.8 Å². The molecule has 282 valence electrons. The molecule has 54 heavy (non-hydrogen) atoms. The molecule has 0 unspecified atom stereocenters. The van der Waals surface area contributed by atoms with Crippen LogP contribution in [0.2, 0.25) is 0 Å². The lowest BCUT2D eigenvalue weighted by molar-refractivity contribution is -0.153. The summed E-state index contributed by atoms with van der Waals surface area (Å²) in [5.41, 5.74) is -1.96. The number of nitrogens with zero attached hydrogens (tertiary/aromatic N) is 6. The first-order valence-electron chi connectivity index (χ1n) is 18.5. The van der Waals surface area contributed by atoms with Crippen LogP contribution in [0.25, 0.3) is 32.9 Å². The summed E-state index contributed by atoms with van der Waals surface area (Å²) >= 11 is 0. The van der Waals surface area contributed by atoms with Crippen molar-refractivity contribution in [3.8, 4) is 35.4 Å². The summed E-state index contributed by atoms with van der Waals surface area (Å²) in [6, 6.07) is 5.32. The van der Waals surface area contributed by atoms with Gasteiger partial charge in [0.1, 0.15) is 41.9 Å². The highest BCUT2D eigenvalue weighted by atomic mass is 19.3. The molecule has 1 aliphatic carbocycles. The molecular formula is C40H40F4N6O4. The zero-order valence-electron chi connectivity index (χ0n) is 30.0. The van der Waals surface area contributed by atoms with Crippen LogP contribution < -0.4 is 9.64 Å². The van der Waals surface area contributed by atoms with Crippen LogP contribution in [0.4, 0.5) is 23.4 Å². The number of terminal acetylenes is 1. The summed E-state index contributed by atoms with van der Waals surface area (Å²) < 4.78 is 73.1. The van der Waals surface area contributed by atoms with Gasteiger partial charge in [0, 0.05) is 55.3 Å². The van der Waals surface area contributed by atoms with Crippen molar-refractivity contribution in [2.75, 3.05) is 44.4 Å². The number of fused-ring (bicyclic) bond motifs is 5. The maximum atomic E-state index is 17.1. The van der Waals surface area contributed by atoms with Gasteiger partial charge in [0.05, 0.1) is 27.8 Å². The highest BCUT2D eigenvalue weighted by Gasteiger charge is 2.77. The third-order valence-corrected chi connectivity index (χ3v) is 12.4. The first-order chi connectivity index (χ1) is 25.8. The van der Waals surface area contributed by atoms with E-state index in [2.05, 4.69) is 25.7 Å². The molecule has 2 aromatic heterocycles. The Kier molecular flexibility index (Phi) is 8.03. The summed E-state index contributed by atoms with van der Waals surface area (Å²) in [5.74, 6) is -2.17. The van der Waals surface area contributed by atoms with Crippen molar-refractivity contribution in [1.29, 1.82) is 0 Å². The molecule has 0 amide bonds. The molecule has 14 heteroatoms. The fourth-order valence-corrected chi connectivity index (χ4v) is 9.60. The summed E-state index contributed by atoms with van der Waals surface area (Å²) in [7, 11) is 0. The normalized spacial score (nSPS) is 27.3. The number of esters is 1. The summed E-state index contributed by atoms with van der Waals surface area (Å²) in [4.78, 5) is 32.5. The molecule has 2 bridgehead atoms. The number of benzene rings is 2. The summed E-state index contributed by atoms with van der Waals surface area (Å²) in [6.45, 7) is 5.84. The lowest BCUT2D eigenvalue weighted by atomic mass is 9.89. The van der Waals surface area contributed by atoms with E-state index in [9.17, 15) is 23.1 Å². The van der Waals surface area contributed by atoms with Gasteiger partial charge in [-0.3, -0.25) is 19.6 Å². The summed E-state index contributed by atoms with van der Waals surface area (Å²) in [6.07, 6.45) is 10.6. The average molecular weight is 745 g/mol. The SMILES string of the molecule is C#Cc1c(F)ccc2cc(O)cc(-c3ncc4c(N5C[C@H]6CC[C@@H](C5)N6COC(=O)C(C)C)nc(OC[C@@]56CCCN5C[C@@]5(CC5(F)F)C6)nc4c3F)c12. The third kappa shape index (κ3) is 5.45. The van der Waals surface area contributed by atoms with Crippen LogP contribution in [0.15, 0.2) is 30.5 Å². The topological polar surface area (TPSA) is 104 Å². The van der Waals surface area contributed by atoms with Crippen LogP contribution in [0.5, 0.6) is 11.8 Å². The Bertz CT molecular complexity index is 2250. The Labute approximate surface area is 309 Å². The van der Waals surface area contributed by atoms with Gasteiger partial charge in [-0.1, -0.05) is 25.8 Å². The number of phenolic OH excluding ortho intramolecular Hbond substituents is 1. The second kappa shape index (κ2) is 12.4. The number of carbonyl (C=O) groups is 1. The number of piperazine rings is 1. The molecule has 1 spiro atoms. The van der Waals surface area contributed by atoms with Crippen molar-refractivity contribution in [3.63, 3.8) is 0 Å². The first kappa shape index (κ1) is 35.0. The van der Waals surface area contributed by atoms with E-state index in [1.807, 2.05) is 4.90 Å². The number of aromatic hydroxyl groups is 1. The zero-order chi connectivity index (χ0) is 37.7. The highest BCUT2D eigenvalue weighted by molar-refractivity contribution is 6.03. The molecule has 10 nitrogen and oxygen atoms in total. The van der Waals surface area contributed by atoms with Gasteiger partial charge in [0.2, 0.25) is 0 Å². The quantitative estimate of drug-likeness (QED) is 0.126. The smallest absolute Gasteiger partial charge is 0.319 e. The number of hydrogen-bond acceptors (Lipinski definition) is 10. The minimum absolute atomic E-state index is 0.0340. The summed E-state index contributed by atoms with van der Waals surface area (Å²) in [5, 5.41) is 11.6. The molecule has 5 fully saturated rings. The van der Waals surface area contributed by atoms with E-state index in [4.69, 9.17) is 20.9 Å². The number of rotatable bonds is 8. The van der Waals surface area contributed by atoms with Crippen LogP contribution in [0.3, 0.4) is 0 Å². The van der Waals surface area contributed by atoms with Crippen LogP contribution in [-0.2, 0) is 9.53 Å². The van der Waals surface area contributed by atoms with Gasteiger partial charge >= 0.3 is 12.0 Å². The molecule has 4 saturated heterocycles. The Morgan fingerprint density at radius 3 is 2.59 bits per heavy atom. The van der Waals surface area contributed by atoms with E-state index in [1.54, 1.807) is 13.8 Å². The number of alkyl halides is 2. The standard InChI is InChI=1S/C40H40F4N6O4/c1-4-27-30(41)9-6-23-12-26(51)13-28(31(23)27)33-32(42)34-29(14-45-33)35(48-15-24-7-8-25(16-48)50(24)21-54-36(52)22(2)3)47-37(46-34)53-20-39-10-5-11-49(39)19-38(17-39)18-40(38,43)44/h1,6,9,12-14,22,24-25,51H,5,7-8,10-11,15-21H2,2-3H3/t24-,25+,38-,39-/m0/s1. The molecule has 5 aliphatic rings. The monoisotopic (exact) mass is 744 g/mol. The Morgan fingerprint density at radius 1 is 1.13 bits per heavy atom. The number of pyridine rings is 1. The van der Waals surface area contributed by atoms with Crippen LogP contribution in [0.1, 0.15) is 57.9 Å². The Balaban J connectivity index is 1.12. The number of aromatic nitrogens is 3. The van der Waals surface area contributed by atoms with Crippen LogP contribution in [-0.4, -0.2) is 98.9 Å². The van der Waals surface area contributed by atoms with Gasteiger partial charge in [-0.05, 0) is 62.2 Å². The number of anilines is 1. The number of hydrogen-bond donors (Lipinski definition) is 1. The maximum Gasteiger partial charge on any atom is 0.319 e. The highest BCUT2D eigenvalue weighted by Crippen LogP contribution is 2.69. The van der Waals surface area contributed by atoms with Crippen molar-refractivity contribution in [2.45, 2.75) is 75.9 Å². The largest absolute Gasteiger partial charge is 0.508 e. The molecule has 4 aromatic rings. The molecule has 4 aliphatic heterocycles. The van der Waals surface area contributed by atoms with Gasteiger partial charge in [-0.15, -0.1) is 6.42 Å². The molecule has 6 heterocycles. The van der Waals surface area contributed by atoms with E-state index in [1.165, 1.54) is 30.5 Å². The first-order valence-corrected chi connectivity index (χ1v) is 18.5. The number of ether oxygens (including phenoxy) is 2. The van der Waals surface area contributed by atoms with E-state index in [-0.39, 0.29) is 83.2 Å². The van der Waals surface area contributed by atoms with Crippen molar-refractivity contribution in [3.05, 3.63) is 47.7 Å². The minimum atomic E-state index is -2.70. The minimum Gasteiger partial charge on any atom is -0.508 e. The predicted molar refractivity (Wildman–Crippen MR) is 192 cm³/mol. The van der Waals surface area contributed by atoms with Gasteiger partial charge in [-0.2, -0.15) is 9.97 Å². The molecule has 2 aromatic carbocycles. The van der Waals surface area contributed by atoms with Crippen LogP contribution in [0, 0.1) is 35.3 Å². The molecular weight excluding hydrogens is 704 g/mol.